The molecule has 8 nitrogen and oxygen atoms in total. The van der Waals surface area contributed by atoms with Crippen LogP contribution >= 0.6 is 0 Å². The first-order valence-electron chi connectivity index (χ1n) is 9.88. The molecule has 5 atom stereocenters. The average molecular weight is 402 g/mol. The number of allylic oxidation sites excluding steroid dienone is 1. The molecule has 0 bridgehead atoms. The van der Waals surface area contributed by atoms with E-state index in [0.29, 0.717) is 12.3 Å². The van der Waals surface area contributed by atoms with Gasteiger partial charge >= 0.3 is 0 Å². The summed E-state index contributed by atoms with van der Waals surface area (Å²) < 4.78 is 29.8. The summed E-state index contributed by atoms with van der Waals surface area (Å²) in [6, 6.07) is 7.28. The van der Waals surface area contributed by atoms with Crippen molar-refractivity contribution in [2.24, 2.45) is 4.99 Å². The molecule has 4 aliphatic heterocycles. The largest absolute Gasteiger partial charge is 0.348 e. The van der Waals surface area contributed by atoms with Crippen LogP contribution in [0.15, 0.2) is 41.2 Å². The maximum Gasteiger partial charge on any atom is 0.189 e. The Morgan fingerprint density at radius 2 is 1.86 bits per heavy atom. The number of hydrogen-bond acceptors (Lipinski definition) is 8. The van der Waals surface area contributed by atoms with E-state index >= 15 is 0 Å². The van der Waals surface area contributed by atoms with Gasteiger partial charge in [0.05, 0.1) is 23.9 Å². The molecular weight excluding hydrogens is 376 g/mol. The van der Waals surface area contributed by atoms with Crippen LogP contribution in [-0.2, 0) is 23.7 Å². The number of hydroxylamine groups is 2. The van der Waals surface area contributed by atoms with Gasteiger partial charge in [0.25, 0.3) is 0 Å². The zero-order valence-corrected chi connectivity index (χ0v) is 16.9. The van der Waals surface area contributed by atoms with Gasteiger partial charge in [-0.05, 0) is 39.8 Å². The summed E-state index contributed by atoms with van der Waals surface area (Å²) >= 11 is 0. The van der Waals surface area contributed by atoms with Crippen LogP contribution in [0.25, 0.3) is 6.08 Å². The van der Waals surface area contributed by atoms with Crippen molar-refractivity contribution in [3.8, 4) is 0 Å². The monoisotopic (exact) mass is 402 g/mol. The minimum atomic E-state index is -0.793. The molecule has 0 spiro atoms. The predicted molar refractivity (Wildman–Crippen MR) is 101 cm³/mol. The Hall–Kier alpha value is -1.81. The van der Waals surface area contributed by atoms with Crippen LogP contribution in [0.4, 0.5) is 0 Å². The van der Waals surface area contributed by atoms with E-state index in [4.69, 9.17) is 23.7 Å². The maximum atomic E-state index is 11.0. The van der Waals surface area contributed by atoms with Crippen molar-refractivity contribution >= 4 is 6.08 Å². The Morgan fingerprint density at radius 1 is 1.07 bits per heavy atom. The normalized spacial score (nSPS) is 37.8. The molecule has 0 amide bonds. The van der Waals surface area contributed by atoms with Crippen molar-refractivity contribution in [1.82, 2.24) is 5.06 Å². The average Bonchev–Trinajstić information content (AvgIpc) is 3.34. The molecule has 4 aliphatic rings. The smallest absolute Gasteiger partial charge is 0.189 e. The zero-order chi connectivity index (χ0) is 20.4. The van der Waals surface area contributed by atoms with Gasteiger partial charge in [-0.15, -0.1) is 0 Å². The second-order valence-electron chi connectivity index (χ2n) is 8.68. The van der Waals surface area contributed by atoms with E-state index in [-0.39, 0.29) is 6.10 Å². The first-order chi connectivity index (χ1) is 13.7. The SMILES string of the molecule is CC1(C)O[C@H]2O[C@H]([C@H]3COC(C)(C)O3)[C@@H](N(O)/C=C3/C=c4ccccc4=N3)[C@H]2O1. The van der Waals surface area contributed by atoms with Gasteiger partial charge in [0.15, 0.2) is 17.9 Å². The van der Waals surface area contributed by atoms with Crippen molar-refractivity contribution in [2.75, 3.05) is 6.61 Å². The van der Waals surface area contributed by atoms with Crippen molar-refractivity contribution in [3.05, 3.63) is 46.7 Å². The molecule has 4 heterocycles. The molecule has 1 N–H and O–H groups in total. The quantitative estimate of drug-likeness (QED) is 0.757. The number of para-hydroxylation sites is 1. The topological polar surface area (TPSA) is 82.0 Å². The van der Waals surface area contributed by atoms with Crippen LogP contribution in [0.3, 0.4) is 0 Å². The molecule has 0 aliphatic carbocycles. The van der Waals surface area contributed by atoms with E-state index in [2.05, 4.69) is 4.99 Å². The summed E-state index contributed by atoms with van der Waals surface area (Å²) in [4.78, 5) is 4.56. The summed E-state index contributed by atoms with van der Waals surface area (Å²) in [5.74, 6) is -1.49. The van der Waals surface area contributed by atoms with Crippen LogP contribution in [0.2, 0.25) is 0 Å². The second-order valence-corrected chi connectivity index (χ2v) is 8.68. The summed E-state index contributed by atoms with van der Waals surface area (Å²) in [5.41, 5.74) is 0.651. The minimum Gasteiger partial charge on any atom is -0.348 e. The highest BCUT2D eigenvalue weighted by Crippen LogP contribution is 2.42. The first kappa shape index (κ1) is 19.2. The van der Waals surface area contributed by atoms with E-state index in [1.807, 2.05) is 58.0 Å². The molecule has 3 fully saturated rings. The van der Waals surface area contributed by atoms with E-state index in [1.165, 1.54) is 0 Å². The summed E-state index contributed by atoms with van der Waals surface area (Å²) in [6.07, 6.45) is 1.60. The highest BCUT2D eigenvalue weighted by molar-refractivity contribution is 5.48. The standard InChI is InChI=1S/C21H26N2O6/c1-20(2)25-11-15(27-20)17-16(18-19(26-17)29-21(3,4)28-18)23(24)10-13-9-12-7-5-6-8-14(12)22-13/h5-10,15-19,24H,11H2,1-4H3/b13-10-/t15-,16-,17-,18-,19-/m1/s1. The highest BCUT2D eigenvalue weighted by atomic mass is 16.8. The number of nitrogens with zero attached hydrogens (tertiary/aromatic N) is 2. The molecule has 1 aromatic rings. The molecule has 0 unspecified atom stereocenters. The Labute approximate surface area is 168 Å². The van der Waals surface area contributed by atoms with Gasteiger partial charge in [0.2, 0.25) is 0 Å². The Kier molecular flexibility index (Phi) is 4.36. The lowest BCUT2D eigenvalue weighted by atomic mass is 10.0. The minimum absolute atomic E-state index is 0.356. The maximum absolute atomic E-state index is 11.0. The van der Waals surface area contributed by atoms with Gasteiger partial charge in [0, 0.05) is 5.22 Å². The molecule has 0 aromatic heterocycles. The Morgan fingerprint density at radius 3 is 2.59 bits per heavy atom. The van der Waals surface area contributed by atoms with E-state index in [0.717, 1.165) is 15.6 Å². The van der Waals surface area contributed by atoms with Crippen molar-refractivity contribution < 1.29 is 28.9 Å². The van der Waals surface area contributed by atoms with Gasteiger partial charge in [-0.25, -0.2) is 4.99 Å². The van der Waals surface area contributed by atoms with Crippen LogP contribution < -0.4 is 10.6 Å². The number of rotatable bonds is 3. The summed E-state index contributed by atoms with van der Waals surface area (Å²) in [7, 11) is 0. The Balaban J connectivity index is 1.44. The third-order valence-corrected chi connectivity index (χ3v) is 5.51. The molecular formula is C21H26N2O6. The fraction of sp³-hybridized carbons (Fsp3) is 0.571. The van der Waals surface area contributed by atoms with Gasteiger partial charge < -0.3 is 23.7 Å². The van der Waals surface area contributed by atoms with E-state index in [9.17, 15) is 5.21 Å². The van der Waals surface area contributed by atoms with Crippen molar-refractivity contribution in [1.29, 1.82) is 0 Å². The highest BCUT2D eigenvalue weighted by Gasteiger charge is 2.60. The van der Waals surface area contributed by atoms with Crippen LogP contribution in [0, 0.1) is 0 Å². The fourth-order valence-electron chi connectivity index (χ4n) is 4.33. The molecule has 5 rings (SSSR count). The van der Waals surface area contributed by atoms with Crippen LogP contribution in [0.5, 0.6) is 0 Å². The molecule has 8 heteroatoms. The summed E-state index contributed by atoms with van der Waals surface area (Å²) in [6.45, 7) is 7.74. The molecule has 0 radical (unpaired) electrons. The van der Waals surface area contributed by atoms with Crippen molar-refractivity contribution in [2.45, 2.75) is 69.9 Å². The van der Waals surface area contributed by atoms with Crippen LogP contribution in [0.1, 0.15) is 27.7 Å². The molecule has 3 saturated heterocycles. The number of ether oxygens (including phenoxy) is 5. The number of hydrogen-bond donors (Lipinski definition) is 1. The molecule has 1 aromatic carbocycles. The first-order valence-corrected chi connectivity index (χ1v) is 9.88. The third-order valence-electron chi connectivity index (χ3n) is 5.51. The molecule has 29 heavy (non-hydrogen) atoms. The Bertz CT molecular complexity index is 921. The lowest BCUT2D eigenvalue weighted by molar-refractivity contribution is -0.239. The molecule has 0 saturated carbocycles. The predicted octanol–water partition coefficient (Wildman–Crippen LogP) is 1.03. The van der Waals surface area contributed by atoms with Crippen LogP contribution in [-0.4, -0.2) is 59.1 Å². The van der Waals surface area contributed by atoms with Gasteiger partial charge in [0.1, 0.15) is 24.4 Å². The second kappa shape index (κ2) is 6.60. The number of fused-ring (bicyclic) bond motifs is 2. The summed E-state index contributed by atoms with van der Waals surface area (Å²) in [5, 5.41) is 14.0. The lowest BCUT2D eigenvalue weighted by Gasteiger charge is -2.32. The van der Waals surface area contributed by atoms with Crippen molar-refractivity contribution in [3.63, 3.8) is 0 Å². The van der Waals surface area contributed by atoms with E-state index in [1.54, 1.807) is 6.20 Å². The molecule has 156 valence electrons. The van der Waals surface area contributed by atoms with Gasteiger partial charge in [-0.1, -0.05) is 18.2 Å². The third kappa shape index (κ3) is 3.50. The van der Waals surface area contributed by atoms with E-state index < -0.39 is 36.1 Å². The van der Waals surface area contributed by atoms with Gasteiger partial charge in [-0.3, -0.25) is 10.3 Å². The fourth-order valence-corrected chi connectivity index (χ4v) is 4.33. The lowest BCUT2D eigenvalue weighted by Crippen LogP contribution is -2.50. The van der Waals surface area contributed by atoms with Gasteiger partial charge in [-0.2, -0.15) is 0 Å². The number of benzene rings is 1. The zero-order valence-electron chi connectivity index (χ0n) is 16.9.